The molecule has 1 unspecified atom stereocenters. The van der Waals surface area contributed by atoms with Crippen LogP contribution < -0.4 is 5.32 Å². The molecule has 0 aliphatic rings. The van der Waals surface area contributed by atoms with E-state index in [0.717, 1.165) is 32.6 Å². The minimum atomic E-state index is 0.155. The molecule has 0 saturated heterocycles. The average Bonchev–Trinajstić information content (AvgIpc) is 2.47. The second-order valence-electron chi connectivity index (χ2n) is 4.66. The van der Waals surface area contributed by atoms with Gasteiger partial charge in [-0.15, -0.1) is 0 Å². The monoisotopic (exact) mass is 259 g/mol. The summed E-state index contributed by atoms with van der Waals surface area (Å²) in [6.45, 7) is 8.68. The van der Waals surface area contributed by atoms with Crippen LogP contribution in [0.5, 0.6) is 0 Å². The van der Waals surface area contributed by atoms with Crippen LogP contribution in [0, 0.1) is 11.3 Å². The van der Waals surface area contributed by atoms with Gasteiger partial charge in [-0.2, -0.15) is 5.26 Å². The van der Waals surface area contributed by atoms with Crippen molar-refractivity contribution < 1.29 is 0 Å². The van der Waals surface area contributed by atoms with Gasteiger partial charge in [0.25, 0.3) is 0 Å². The van der Waals surface area contributed by atoms with E-state index in [-0.39, 0.29) is 6.04 Å². The number of hydrogen-bond donors (Lipinski definition) is 1. The lowest BCUT2D eigenvalue weighted by molar-refractivity contribution is 0.295. The summed E-state index contributed by atoms with van der Waals surface area (Å²) < 4.78 is 0. The summed E-state index contributed by atoms with van der Waals surface area (Å²) in [6, 6.07) is 12.6. The summed E-state index contributed by atoms with van der Waals surface area (Å²) >= 11 is 0. The van der Waals surface area contributed by atoms with Crippen LogP contribution in [0.2, 0.25) is 0 Å². The summed E-state index contributed by atoms with van der Waals surface area (Å²) in [5, 5.41) is 12.4. The molecular weight excluding hydrogens is 234 g/mol. The molecule has 1 aromatic carbocycles. The lowest BCUT2D eigenvalue weighted by atomic mass is 10.0. The standard InChI is InChI=1S/C16H25N3/c1-3-19(4-2)14-8-13-18-16(11-12-17)15-9-6-5-7-10-15/h5-7,9-10,16,18H,3-4,8,11,13-14H2,1-2H3. The van der Waals surface area contributed by atoms with E-state index in [1.54, 1.807) is 0 Å². The minimum Gasteiger partial charge on any atom is -0.309 e. The van der Waals surface area contributed by atoms with Gasteiger partial charge in [-0.05, 0) is 38.2 Å². The van der Waals surface area contributed by atoms with E-state index in [9.17, 15) is 0 Å². The topological polar surface area (TPSA) is 39.1 Å². The van der Waals surface area contributed by atoms with Crippen LogP contribution in [-0.2, 0) is 0 Å². The smallest absolute Gasteiger partial charge is 0.0641 e. The van der Waals surface area contributed by atoms with Crippen LogP contribution in [0.15, 0.2) is 30.3 Å². The van der Waals surface area contributed by atoms with Gasteiger partial charge in [0.05, 0.1) is 12.5 Å². The van der Waals surface area contributed by atoms with Gasteiger partial charge < -0.3 is 10.2 Å². The molecule has 0 heterocycles. The number of benzene rings is 1. The molecule has 0 aromatic heterocycles. The number of rotatable bonds is 9. The Balaban J connectivity index is 2.37. The molecule has 104 valence electrons. The van der Waals surface area contributed by atoms with Crippen LogP contribution in [0.1, 0.15) is 38.3 Å². The molecule has 0 spiro atoms. The van der Waals surface area contributed by atoms with Crippen molar-refractivity contribution in [3.05, 3.63) is 35.9 Å². The molecular formula is C16H25N3. The fourth-order valence-electron chi connectivity index (χ4n) is 2.20. The molecule has 1 rings (SSSR count). The van der Waals surface area contributed by atoms with Gasteiger partial charge in [-0.3, -0.25) is 0 Å². The first-order chi connectivity index (χ1) is 9.31. The third-order valence-corrected chi connectivity index (χ3v) is 3.43. The highest BCUT2D eigenvalue weighted by Gasteiger charge is 2.09. The molecule has 0 saturated carbocycles. The third-order valence-electron chi connectivity index (χ3n) is 3.43. The molecule has 0 radical (unpaired) electrons. The van der Waals surface area contributed by atoms with Gasteiger partial charge in [0.15, 0.2) is 0 Å². The Morgan fingerprint density at radius 2 is 1.89 bits per heavy atom. The van der Waals surface area contributed by atoms with E-state index in [1.807, 2.05) is 18.2 Å². The molecule has 1 N–H and O–H groups in total. The zero-order valence-corrected chi connectivity index (χ0v) is 12.1. The Morgan fingerprint density at radius 1 is 1.21 bits per heavy atom. The Labute approximate surface area is 117 Å². The van der Waals surface area contributed by atoms with Crippen molar-refractivity contribution in [2.45, 2.75) is 32.7 Å². The largest absolute Gasteiger partial charge is 0.309 e. The minimum absolute atomic E-state index is 0.155. The lowest BCUT2D eigenvalue weighted by Gasteiger charge is -2.20. The summed E-state index contributed by atoms with van der Waals surface area (Å²) in [6.07, 6.45) is 1.64. The number of nitrogens with one attached hydrogen (secondary N) is 1. The van der Waals surface area contributed by atoms with E-state index in [1.165, 1.54) is 5.56 Å². The Kier molecular flexibility index (Phi) is 7.88. The summed E-state index contributed by atoms with van der Waals surface area (Å²) in [5.74, 6) is 0. The normalized spacial score (nSPS) is 12.3. The SMILES string of the molecule is CCN(CC)CCCNC(CC#N)c1ccccc1. The Hall–Kier alpha value is -1.37. The van der Waals surface area contributed by atoms with E-state index in [4.69, 9.17) is 5.26 Å². The number of hydrogen-bond acceptors (Lipinski definition) is 3. The zero-order valence-electron chi connectivity index (χ0n) is 12.1. The molecule has 3 heteroatoms. The van der Waals surface area contributed by atoms with E-state index < -0.39 is 0 Å². The Bertz CT molecular complexity index is 365. The molecule has 1 atom stereocenters. The number of nitrogens with zero attached hydrogens (tertiary/aromatic N) is 2. The van der Waals surface area contributed by atoms with Crippen LogP contribution in [0.3, 0.4) is 0 Å². The highest BCUT2D eigenvalue weighted by molar-refractivity contribution is 5.19. The van der Waals surface area contributed by atoms with Crippen LogP contribution in [-0.4, -0.2) is 31.1 Å². The summed E-state index contributed by atoms with van der Waals surface area (Å²) in [5.41, 5.74) is 1.20. The maximum absolute atomic E-state index is 8.92. The third kappa shape index (κ3) is 5.87. The number of nitriles is 1. The second kappa shape index (κ2) is 9.55. The van der Waals surface area contributed by atoms with E-state index >= 15 is 0 Å². The predicted octanol–water partition coefficient (Wildman–Crippen LogP) is 2.96. The molecule has 0 aliphatic carbocycles. The first-order valence-corrected chi connectivity index (χ1v) is 7.19. The molecule has 3 nitrogen and oxygen atoms in total. The average molecular weight is 259 g/mol. The highest BCUT2D eigenvalue weighted by atomic mass is 15.1. The first-order valence-electron chi connectivity index (χ1n) is 7.19. The highest BCUT2D eigenvalue weighted by Crippen LogP contribution is 2.15. The van der Waals surface area contributed by atoms with Gasteiger partial charge in [-0.1, -0.05) is 44.2 Å². The second-order valence-corrected chi connectivity index (χ2v) is 4.66. The van der Waals surface area contributed by atoms with Crippen molar-refractivity contribution in [1.82, 2.24) is 10.2 Å². The van der Waals surface area contributed by atoms with Gasteiger partial charge in [0.2, 0.25) is 0 Å². The van der Waals surface area contributed by atoms with Crippen LogP contribution >= 0.6 is 0 Å². The van der Waals surface area contributed by atoms with Crippen LogP contribution in [0.25, 0.3) is 0 Å². The van der Waals surface area contributed by atoms with Gasteiger partial charge in [-0.25, -0.2) is 0 Å². The predicted molar refractivity (Wildman–Crippen MR) is 79.8 cm³/mol. The lowest BCUT2D eigenvalue weighted by Crippen LogP contribution is -2.28. The molecule has 19 heavy (non-hydrogen) atoms. The zero-order chi connectivity index (χ0) is 13.9. The molecule has 0 amide bonds. The molecule has 0 aliphatic heterocycles. The van der Waals surface area contributed by atoms with Crippen molar-refractivity contribution in [3.63, 3.8) is 0 Å². The van der Waals surface area contributed by atoms with Gasteiger partial charge >= 0.3 is 0 Å². The van der Waals surface area contributed by atoms with Crippen molar-refractivity contribution >= 4 is 0 Å². The van der Waals surface area contributed by atoms with E-state index in [2.05, 4.69) is 42.3 Å². The fraction of sp³-hybridized carbons (Fsp3) is 0.562. The van der Waals surface area contributed by atoms with Gasteiger partial charge in [0, 0.05) is 6.04 Å². The maximum atomic E-state index is 8.92. The van der Waals surface area contributed by atoms with Crippen molar-refractivity contribution in [3.8, 4) is 6.07 Å². The maximum Gasteiger partial charge on any atom is 0.0641 e. The van der Waals surface area contributed by atoms with Crippen molar-refractivity contribution in [2.75, 3.05) is 26.2 Å². The van der Waals surface area contributed by atoms with Crippen molar-refractivity contribution in [2.24, 2.45) is 0 Å². The summed E-state index contributed by atoms with van der Waals surface area (Å²) in [7, 11) is 0. The molecule has 1 aromatic rings. The van der Waals surface area contributed by atoms with E-state index in [0.29, 0.717) is 6.42 Å². The summed E-state index contributed by atoms with van der Waals surface area (Å²) in [4.78, 5) is 2.42. The van der Waals surface area contributed by atoms with Gasteiger partial charge in [0.1, 0.15) is 0 Å². The quantitative estimate of drug-likeness (QED) is 0.693. The fourth-order valence-corrected chi connectivity index (χ4v) is 2.20. The molecule has 0 bridgehead atoms. The Morgan fingerprint density at radius 3 is 2.47 bits per heavy atom. The first kappa shape index (κ1) is 15.7. The van der Waals surface area contributed by atoms with Crippen molar-refractivity contribution in [1.29, 1.82) is 5.26 Å². The molecule has 0 fully saturated rings. The van der Waals surface area contributed by atoms with Crippen LogP contribution in [0.4, 0.5) is 0 Å².